The minimum atomic E-state index is 0.142. The molecule has 140 valence electrons. The Hall–Kier alpha value is -1.73. The predicted molar refractivity (Wildman–Crippen MR) is 106 cm³/mol. The van der Waals surface area contributed by atoms with Gasteiger partial charge in [-0.3, -0.25) is 4.79 Å². The van der Waals surface area contributed by atoms with Crippen LogP contribution in [0.3, 0.4) is 0 Å². The van der Waals surface area contributed by atoms with Crippen LogP contribution in [0.4, 0.5) is 5.82 Å². The molecular weight excluding hydrogens is 346 g/mol. The molecule has 26 heavy (non-hydrogen) atoms. The predicted octanol–water partition coefficient (Wildman–Crippen LogP) is 2.88. The SMILES string of the molecule is CC(=O)N1CCc2sc3ncnc(N[C@H]4CC[C@H](N(C)C)CC4)c3c2C1. The minimum absolute atomic E-state index is 0.142. The molecule has 0 aromatic carbocycles. The standard InChI is InChI=1S/C19H27N5OS/c1-12(25)24-9-8-16-15(10-24)17-18(20-11-21-19(17)26-16)22-13-4-6-14(7-5-13)23(2)3/h11,13-14H,4-10H2,1-3H3,(H,20,21,22)/t13-,14-. The fraction of sp³-hybridized carbons (Fsp3) is 0.632. The van der Waals surface area contributed by atoms with Gasteiger partial charge in [0.05, 0.1) is 5.39 Å². The van der Waals surface area contributed by atoms with Crippen molar-refractivity contribution in [2.24, 2.45) is 0 Å². The van der Waals surface area contributed by atoms with Crippen molar-refractivity contribution in [3.8, 4) is 0 Å². The van der Waals surface area contributed by atoms with Crippen molar-refractivity contribution in [1.82, 2.24) is 19.8 Å². The van der Waals surface area contributed by atoms with E-state index in [1.54, 1.807) is 24.6 Å². The van der Waals surface area contributed by atoms with Crippen molar-refractivity contribution in [3.05, 3.63) is 16.8 Å². The van der Waals surface area contributed by atoms with Crippen LogP contribution in [0, 0.1) is 0 Å². The van der Waals surface area contributed by atoms with Gasteiger partial charge < -0.3 is 15.1 Å². The van der Waals surface area contributed by atoms with E-state index in [2.05, 4.69) is 34.3 Å². The van der Waals surface area contributed by atoms with E-state index in [0.29, 0.717) is 18.6 Å². The quantitative estimate of drug-likeness (QED) is 0.896. The first-order chi connectivity index (χ1) is 12.5. The number of carbonyl (C=O) groups is 1. The lowest BCUT2D eigenvalue weighted by Crippen LogP contribution is -2.36. The molecular formula is C19H27N5OS. The zero-order valence-electron chi connectivity index (χ0n) is 15.8. The Balaban J connectivity index is 1.58. The maximum absolute atomic E-state index is 11.8. The summed E-state index contributed by atoms with van der Waals surface area (Å²) in [6, 6.07) is 1.16. The number of nitrogens with zero attached hydrogens (tertiary/aromatic N) is 4. The van der Waals surface area contributed by atoms with E-state index >= 15 is 0 Å². The number of fused-ring (bicyclic) bond motifs is 3. The molecule has 1 aliphatic carbocycles. The van der Waals surface area contributed by atoms with E-state index in [1.807, 2.05) is 4.90 Å². The van der Waals surface area contributed by atoms with Crippen molar-refractivity contribution < 1.29 is 4.79 Å². The van der Waals surface area contributed by atoms with E-state index in [1.165, 1.54) is 36.1 Å². The molecule has 0 radical (unpaired) electrons. The number of thiophene rings is 1. The highest BCUT2D eigenvalue weighted by Crippen LogP contribution is 2.38. The molecule has 0 saturated heterocycles. The number of rotatable bonds is 3. The molecule has 4 rings (SSSR count). The summed E-state index contributed by atoms with van der Waals surface area (Å²) in [6.07, 6.45) is 7.36. The molecule has 1 fully saturated rings. The van der Waals surface area contributed by atoms with Crippen LogP contribution in [-0.2, 0) is 17.8 Å². The van der Waals surface area contributed by atoms with Gasteiger partial charge in [-0.25, -0.2) is 9.97 Å². The number of carbonyl (C=O) groups excluding carboxylic acids is 1. The van der Waals surface area contributed by atoms with Gasteiger partial charge in [0, 0.05) is 37.0 Å². The highest BCUT2D eigenvalue weighted by Gasteiger charge is 2.27. The van der Waals surface area contributed by atoms with Crippen LogP contribution >= 0.6 is 11.3 Å². The molecule has 0 unspecified atom stereocenters. The maximum atomic E-state index is 11.8. The lowest BCUT2D eigenvalue weighted by Gasteiger charge is -2.33. The highest BCUT2D eigenvalue weighted by molar-refractivity contribution is 7.19. The van der Waals surface area contributed by atoms with Crippen LogP contribution in [0.1, 0.15) is 43.0 Å². The largest absolute Gasteiger partial charge is 0.367 e. The molecule has 2 aromatic heterocycles. The second-order valence-corrected chi connectivity index (χ2v) is 8.79. The fourth-order valence-electron chi connectivity index (χ4n) is 4.22. The summed E-state index contributed by atoms with van der Waals surface area (Å²) >= 11 is 1.76. The third-order valence-electron chi connectivity index (χ3n) is 5.84. The van der Waals surface area contributed by atoms with Crippen LogP contribution < -0.4 is 5.32 Å². The van der Waals surface area contributed by atoms with E-state index in [0.717, 1.165) is 29.0 Å². The molecule has 1 saturated carbocycles. The third-order valence-corrected chi connectivity index (χ3v) is 7.04. The normalized spacial score (nSPS) is 23.3. The summed E-state index contributed by atoms with van der Waals surface area (Å²) in [5.41, 5.74) is 1.25. The molecule has 0 spiro atoms. The van der Waals surface area contributed by atoms with E-state index in [-0.39, 0.29) is 5.91 Å². The Morgan fingerprint density at radius 2 is 2.04 bits per heavy atom. The fourth-order valence-corrected chi connectivity index (χ4v) is 5.36. The van der Waals surface area contributed by atoms with Crippen molar-refractivity contribution in [2.75, 3.05) is 26.0 Å². The zero-order valence-corrected chi connectivity index (χ0v) is 16.6. The Morgan fingerprint density at radius 3 is 2.73 bits per heavy atom. The van der Waals surface area contributed by atoms with Gasteiger partial charge in [-0.05, 0) is 51.8 Å². The van der Waals surface area contributed by atoms with Crippen LogP contribution in [0.15, 0.2) is 6.33 Å². The Morgan fingerprint density at radius 1 is 1.27 bits per heavy atom. The van der Waals surface area contributed by atoms with Crippen molar-refractivity contribution in [1.29, 1.82) is 0 Å². The zero-order chi connectivity index (χ0) is 18.3. The molecule has 1 N–H and O–H groups in total. The smallest absolute Gasteiger partial charge is 0.219 e. The van der Waals surface area contributed by atoms with Crippen molar-refractivity contribution in [2.45, 2.75) is 57.7 Å². The molecule has 7 heteroatoms. The van der Waals surface area contributed by atoms with Crippen LogP contribution in [0.25, 0.3) is 10.2 Å². The van der Waals surface area contributed by atoms with Crippen LogP contribution in [0.2, 0.25) is 0 Å². The van der Waals surface area contributed by atoms with E-state index in [4.69, 9.17) is 0 Å². The van der Waals surface area contributed by atoms with Gasteiger partial charge in [0.15, 0.2) is 0 Å². The Labute approximate surface area is 158 Å². The summed E-state index contributed by atoms with van der Waals surface area (Å²) < 4.78 is 0. The average molecular weight is 374 g/mol. The second-order valence-electron chi connectivity index (χ2n) is 7.71. The van der Waals surface area contributed by atoms with Gasteiger partial charge in [0.1, 0.15) is 17.0 Å². The van der Waals surface area contributed by atoms with Crippen LogP contribution in [0.5, 0.6) is 0 Å². The first-order valence-electron chi connectivity index (χ1n) is 9.46. The van der Waals surface area contributed by atoms with E-state index < -0.39 is 0 Å². The number of nitrogens with one attached hydrogen (secondary N) is 1. The first-order valence-corrected chi connectivity index (χ1v) is 10.3. The highest BCUT2D eigenvalue weighted by atomic mass is 32.1. The number of aromatic nitrogens is 2. The van der Waals surface area contributed by atoms with Gasteiger partial charge in [-0.15, -0.1) is 11.3 Å². The summed E-state index contributed by atoms with van der Waals surface area (Å²) in [5, 5.41) is 4.83. The third kappa shape index (κ3) is 3.30. The topological polar surface area (TPSA) is 61.4 Å². The molecule has 0 atom stereocenters. The average Bonchev–Trinajstić information content (AvgIpc) is 3.00. The van der Waals surface area contributed by atoms with Crippen molar-refractivity contribution >= 4 is 33.3 Å². The van der Waals surface area contributed by atoms with Gasteiger partial charge in [-0.1, -0.05) is 0 Å². The second kappa shape index (κ2) is 7.12. The summed E-state index contributed by atoms with van der Waals surface area (Å²) in [5.74, 6) is 1.09. The molecule has 1 aliphatic heterocycles. The van der Waals surface area contributed by atoms with Gasteiger partial charge in [0.2, 0.25) is 5.91 Å². The number of hydrogen-bond donors (Lipinski definition) is 1. The number of amides is 1. The molecule has 6 nitrogen and oxygen atoms in total. The molecule has 1 amide bonds. The van der Waals surface area contributed by atoms with Crippen molar-refractivity contribution in [3.63, 3.8) is 0 Å². The monoisotopic (exact) mass is 373 g/mol. The summed E-state index contributed by atoms with van der Waals surface area (Å²) in [7, 11) is 4.34. The van der Waals surface area contributed by atoms with Gasteiger partial charge in [-0.2, -0.15) is 0 Å². The molecule has 2 aliphatic rings. The number of hydrogen-bond acceptors (Lipinski definition) is 6. The first kappa shape index (κ1) is 17.7. The van der Waals surface area contributed by atoms with Gasteiger partial charge >= 0.3 is 0 Å². The molecule has 3 heterocycles. The maximum Gasteiger partial charge on any atom is 0.219 e. The minimum Gasteiger partial charge on any atom is -0.367 e. The Kier molecular flexibility index (Phi) is 4.84. The lowest BCUT2D eigenvalue weighted by atomic mass is 9.90. The lowest BCUT2D eigenvalue weighted by molar-refractivity contribution is -0.129. The van der Waals surface area contributed by atoms with Gasteiger partial charge in [0.25, 0.3) is 0 Å². The number of anilines is 1. The van der Waals surface area contributed by atoms with Crippen LogP contribution in [-0.4, -0.2) is 58.4 Å². The Bertz CT molecular complexity index is 810. The molecule has 0 bridgehead atoms. The van der Waals surface area contributed by atoms with E-state index in [9.17, 15) is 4.79 Å². The summed E-state index contributed by atoms with van der Waals surface area (Å²) in [6.45, 7) is 3.14. The summed E-state index contributed by atoms with van der Waals surface area (Å²) in [4.78, 5) is 27.6. The molecule has 2 aromatic rings.